The molecule has 2 aromatic heterocycles. The summed E-state index contributed by atoms with van der Waals surface area (Å²) in [4.78, 5) is 154. The molecule has 37 heteroatoms. The number of hydrogen-bond acceptors (Lipinski definition) is 21. The molecule has 3 aliphatic heterocycles. The highest BCUT2D eigenvalue weighted by atomic mass is 35.5. The Morgan fingerprint density at radius 3 is 1.74 bits per heavy atom. The van der Waals surface area contributed by atoms with Crippen LogP contribution in [0.5, 0.6) is 11.5 Å². The van der Waals surface area contributed by atoms with Gasteiger partial charge in [-0.2, -0.15) is 0 Å². The third-order valence-electron chi connectivity index (χ3n) is 20.8. The number of amides is 9. The van der Waals surface area contributed by atoms with E-state index in [-0.39, 0.29) is 167 Å². The first-order valence-corrected chi connectivity index (χ1v) is 41.7. The van der Waals surface area contributed by atoms with E-state index in [2.05, 4.69) is 25.9 Å². The zero-order chi connectivity index (χ0) is 81.5. The number of ether oxygens (including phenoxy) is 8. The summed E-state index contributed by atoms with van der Waals surface area (Å²) in [5.41, 5.74) is 10.0. The van der Waals surface area contributed by atoms with Gasteiger partial charge in [-0.05, 0) is 110 Å². The van der Waals surface area contributed by atoms with Crippen molar-refractivity contribution in [2.24, 2.45) is 28.4 Å². The highest BCUT2D eigenvalue weighted by Crippen LogP contribution is 2.75. The molecule has 5 heterocycles. The van der Waals surface area contributed by atoms with Crippen LogP contribution in [0.4, 0.5) is 26.7 Å². The fourth-order valence-electron chi connectivity index (χ4n) is 15.1. The molecule has 32 nitrogen and oxygen atoms in total. The first-order chi connectivity index (χ1) is 54.0. The molecule has 9 N–H and O–H groups in total. The van der Waals surface area contributed by atoms with Gasteiger partial charge in [0.05, 0.1) is 130 Å². The lowest BCUT2D eigenvalue weighted by atomic mass is 9.34. The summed E-state index contributed by atoms with van der Waals surface area (Å²) in [5, 5.41) is 9.84. The number of rotatable bonds is 45. The lowest BCUT2D eigenvalue weighted by Crippen LogP contribution is -2.73. The van der Waals surface area contributed by atoms with Crippen LogP contribution in [0.3, 0.4) is 0 Å². The summed E-state index contributed by atoms with van der Waals surface area (Å²) in [6, 6.07) is 8.41. The first-order valence-electron chi connectivity index (χ1n) is 37.5. The average molecular weight is 1670 g/mol. The quantitative estimate of drug-likeness (QED) is 0.00601. The van der Waals surface area contributed by atoms with Gasteiger partial charge < -0.3 is 93.7 Å². The Labute approximate surface area is 674 Å². The van der Waals surface area contributed by atoms with Crippen LogP contribution in [-0.4, -0.2) is 250 Å². The van der Waals surface area contributed by atoms with Gasteiger partial charge in [0, 0.05) is 136 Å². The van der Waals surface area contributed by atoms with Crippen molar-refractivity contribution in [3.8, 4) is 11.5 Å². The fourth-order valence-corrected chi connectivity index (χ4v) is 16.6. The highest BCUT2D eigenvalue weighted by Gasteiger charge is 2.76. The number of Topliss-reactive ketones (excluding diaryl/α,β-unsaturated/α-hetero) is 1. The van der Waals surface area contributed by atoms with Gasteiger partial charge in [0.25, 0.3) is 17.0 Å². The summed E-state index contributed by atoms with van der Waals surface area (Å²) >= 11 is 20.1. The molecule has 11 rings (SSSR count). The zero-order valence-electron chi connectivity index (χ0n) is 64.4. The van der Waals surface area contributed by atoms with Gasteiger partial charge in [0.2, 0.25) is 23.6 Å². The minimum atomic E-state index is -4.99. The summed E-state index contributed by atoms with van der Waals surface area (Å²) in [6.07, 6.45) is 7.12. The number of likely N-dealkylation sites (N-methyl/N-ethyl adjacent to an activating group) is 2. The molecule has 616 valence electrons. The number of fused-ring (bicyclic) bond motifs is 6. The van der Waals surface area contributed by atoms with Gasteiger partial charge in [-0.3, -0.25) is 48.2 Å². The van der Waals surface area contributed by atoms with Crippen molar-refractivity contribution in [2.45, 2.75) is 97.1 Å². The van der Waals surface area contributed by atoms with Crippen LogP contribution >= 0.6 is 55.0 Å². The van der Waals surface area contributed by atoms with Gasteiger partial charge in [-0.15, -0.1) is 35.0 Å². The van der Waals surface area contributed by atoms with Crippen molar-refractivity contribution in [1.29, 1.82) is 0 Å². The zero-order valence-corrected chi connectivity index (χ0v) is 68.4. The van der Waals surface area contributed by atoms with E-state index < -0.39 is 54.6 Å². The third kappa shape index (κ3) is 21.4. The number of ketones is 1. The van der Waals surface area contributed by atoms with Crippen molar-refractivity contribution >= 4 is 152 Å². The number of carbonyl (C=O) groups is 9. The smallest absolute Gasteiger partial charge is 0.466 e. The molecule has 6 aliphatic rings. The lowest BCUT2D eigenvalue weighted by Gasteiger charge is -2.69. The van der Waals surface area contributed by atoms with E-state index >= 15 is 0 Å². The third-order valence-corrected chi connectivity index (χ3v) is 23.2. The maximum absolute atomic E-state index is 15.0. The standard InChI is InChI=1S/C76H100Cl2N11O21PS2/c1-45(2)65(84-59(91)14-19-102-21-23-104-25-27-106-29-30-107-28-26-105-24-22-103-20-18-87-60(92)34-58(113-7)69(87)94)55(90)31-49(9-8-15-80-72(79)97)68(93)83-52-12-10-48(11-13-52)41-108-74(112)86(6)17-16-85(5)73(98)109-56-32-53-63(61-46(3)37-81-66(56)61)50(35-77)39-88(53)70(95)75-42-76(43-75,44-75)71(96)89-40-51(36-78)64-54(89)33-57(110-111(99,100)101)67-62(64)47(4)38-82-67/h10-13,32-34,37-38,45,49-51,65,81-82H,8-9,14-31,35-36,39-44H2,1-7H3,(H,83,93)(H,84,91)(H3,79,80,97)(H2,99,100,101). The summed E-state index contributed by atoms with van der Waals surface area (Å²) < 4.78 is 62.5. The maximum atomic E-state index is 15.0. The van der Waals surface area contributed by atoms with Gasteiger partial charge in [-0.1, -0.05) is 26.0 Å². The Balaban J connectivity index is 0.623. The monoisotopic (exact) mass is 1670 g/mol. The molecule has 2 bridgehead atoms. The fraction of sp³-hybridized carbons (Fsp3) is 0.553. The number of carbonyl (C=O) groups excluding carboxylic acids is 9. The van der Waals surface area contributed by atoms with E-state index in [1.807, 2.05) is 20.0 Å². The Hall–Kier alpha value is -7.96. The van der Waals surface area contributed by atoms with Crippen molar-refractivity contribution in [3.05, 3.63) is 87.6 Å². The van der Waals surface area contributed by atoms with E-state index in [1.165, 1.54) is 28.8 Å². The first kappa shape index (κ1) is 87.4. The number of primary amides is 1. The van der Waals surface area contributed by atoms with Gasteiger partial charge in [0.15, 0.2) is 17.3 Å². The number of H-pyrrole nitrogens is 2. The number of phosphoric ester groups is 1. The molecule has 113 heavy (non-hydrogen) atoms. The van der Waals surface area contributed by atoms with Crippen molar-refractivity contribution in [3.63, 3.8) is 0 Å². The molecule has 5 aromatic rings. The lowest BCUT2D eigenvalue weighted by molar-refractivity contribution is -0.205. The van der Waals surface area contributed by atoms with E-state index in [9.17, 15) is 57.5 Å². The van der Waals surface area contributed by atoms with E-state index in [0.717, 1.165) is 32.5 Å². The number of alkyl halides is 2. The normalized spacial score (nSPS) is 18.7. The Morgan fingerprint density at radius 2 is 1.25 bits per heavy atom. The number of anilines is 3. The molecule has 0 spiro atoms. The number of aryl methyl sites for hydroxylation is 2. The molecule has 3 fully saturated rings. The minimum absolute atomic E-state index is 0.0208. The average Bonchev–Trinajstić information content (AvgIpc) is 1.57. The summed E-state index contributed by atoms with van der Waals surface area (Å²) in [6.45, 7) is 12.2. The number of imide groups is 1. The highest BCUT2D eigenvalue weighted by molar-refractivity contribution is 8.03. The molecule has 3 aromatic carbocycles. The van der Waals surface area contributed by atoms with E-state index in [0.29, 0.717) is 122 Å². The Morgan fingerprint density at radius 1 is 0.743 bits per heavy atom. The topological polar surface area (TPSA) is 404 Å². The van der Waals surface area contributed by atoms with Crippen LogP contribution in [0.1, 0.15) is 98.4 Å². The SMILES string of the molecule is CSC1=CC(=O)N(CCOCCOCCOCCOCCOCCOCCC(=O)NC(C(=O)CC(CCCNC(N)=O)C(=O)Nc2ccc(COC(=S)N(C)CCN(C)C(=O)Oc3cc4c(c5c(C)c[nH]c35)C(CCl)CN4C(=O)C34CC(C(=O)N5CC(CCl)c6c5cc(OP(=O)(O)O)c5[nH]cc(C)c65)(C3)C4)cc2)C(C)C)C1=O. The van der Waals surface area contributed by atoms with Gasteiger partial charge in [-0.25, -0.2) is 14.2 Å². The molecule has 0 radical (unpaired) electrons. The number of thiocarbonyl (C=S) groups is 1. The Bertz CT molecular complexity index is 4390. The number of urea groups is 1. The second-order valence-corrected chi connectivity index (χ2v) is 32.2. The number of phosphoric acid groups is 1. The largest absolute Gasteiger partial charge is 0.524 e. The van der Waals surface area contributed by atoms with Gasteiger partial charge >= 0.3 is 19.9 Å². The molecule has 3 aliphatic carbocycles. The van der Waals surface area contributed by atoms with Crippen LogP contribution in [0.25, 0.3) is 21.8 Å². The number of nitrogens with one attached hydrogen (secondary N) is 5. The van der Waals surface area contributed by atoms with Crippen LogP contribution in [0.2, 0.25) is 0 Å². The molecule has 4 unspecified atom stereocenters. The molecule has 0 saturated heterocycles. The number of benzene rings is 3. The summed E-state index contributed by atoms with van der Waals surface area (Å²) in [7, 11) is -1.69. The van der Waals surface area contributed by atoms with Crippen LogP contribution in [0, 0.1) is 36.5 Å². The van der Waals surface area contributed by atoms with Crippen LogP contribution in [0.15, 0.2) is 59.8 Å². The molecular weight excluding hydrogens is 1570 g/mol. The number of thioether (sulfide) groups is 1. The van der Waals surface area contributed by atoms with Gasteiger partial charge in [0.1, 0.15) is 6.61 Å². The molecular formula is C76H100Cl2N11O21PS2. The molecule has 9 amide bonds. The number of hydrogen-bond donors (Lipinski definition) is 8. The second kappa shape index (κ2) is 39.6. The van der Waals surface area contributed by atoms with Crippen molar-refractivity contribution < 1.29 is 99.9 Å². The number of aromatic amines is 2. The predicted molar refractivity (Wildman–Crippen MR) is 427 cm³/mol. The number of aromatic nitrogens is 2. The van der Waals surface area contributed by atoms with E-state index in [4.69, 9.17) is 83.6 Å². The van der Waals surface area contributed by atoms with Crippen molar-refractivity contribution in [2.75, 3.05) is 166 Å². The number of nitrogens with zero attached hydrogens (tertiary/aromatic N) is 5. The minimum Gasteiger partial charge on any atom is -0.466 e. The molecule has 3 saturated carbocycles. The van der Waals surface area contributed by atoms with Crippen molar-refractivity contribution in [1.82, 2.24) is 35.3 Å². The number of halogens is 2. The van der Waals surface area contributed by atoms with Crippen LogP contribution < -0.4 is 40.7 Å². The van der Waals surface area contributed by atoms with E-state index in [1.54, 1.807) is 85.4 Å². The Kier molecular flexibility index (Phi) is 30.6. The van der Waals surface area contributed by atoms with Crippen LogP contribution in [-0.2, 0) is 77.9 Å². The second-order valence-electron chi connectivity index (χ2n) is 29.2. The number of nitrogens with two attached hydrogens (primary N) is 1. The summed E-state index contributed by atoms with van der Waals surface area (Å²) in [5.74, 6) is -3.37. The maximum Gasteiger partial charge on any atom is 0.524 e. The predicted octanol–water partition coefficient (Wildman–Crippen LogP) is 8.02. The molecule has 4 atom stereocenters.